The summed E-state index contributed by atoms with van der Waals surface area (Å²) in [4.78, 5) is 1.27. The van der Waals surface area contributed by atoms with Gasteiger partial charge in [0.25, 0.3) is 0 Å². The smallest absolute Gasteiger partial charge is 0.0794 e. The van der Waals surface area contributed by atoms with Crippen LogP contribution in [0.1, 0.15) is 11.3 Å². The van der Waals surface area contributed by atoms with E-state index in [0.717, 1.165) is 28.8 Å². The zero-order valence-electron chi connectivity index (χ0n) is 7.12. The summed E-state index contributed by atoms with van der Waals surface area (Å²) in [7, 11) is 0. The maximum absolute atomic E-state index is 10.2. The van der Waals surface area contributed by atoms with Crippen LogP contribution in [0.3, 0.4) is 0 Å². The first-order valence-corrected chi connectivity index (χ1v) is 7.04. The third-order valence-electron chi connectivity index (χ3n) is 2.26. The van der Waals surface area contributed by atoms with Crippen LogP contribution >= 0.6 is 39.0 Å². The van der Waals surface area contributed by atoms with Crippen molar-refractivity contribution in [3.8, 4) is 0 Å². The molecule has 1 aromatic rings. The van der Waals surface area contributed by atoms with Crippen molar-refractivity contribution in [3.63, 3.8) is 0 Å². The van der Waals surface area contributed by atoms with E-state index in [-0.39, 0.29) is 0 Å². The van der Waals surface area contributed by atoms with E-state index in [1.807, 2.05) is 17.8 Å². The largest absolute Gasteiger partial charge is 0.389 e. The number of hydrogen-bond acceptors (Lipinski definition) is 3. The van der Waals surface area contributed by atoms with Gasteiger partial charge in [0.15, 0.2) is 0 Å². The van der Waals surface area contributed by atoms with E-state index in [9.17, 15) is 5.11 Å². The molecule has 1 N–H and O–H groups in total. The number of thiophene rings is 1. The molecular formula is C9H11BrOS2. The van der Waals surface area contributed by atoms with E-state index in [0.29, 0.717) is 0 Å². The van der Waals surface area contributed by atoms with Crippen molar-refractivity contribution >= 4 is 39.0 Å². The molecule has 1 nitrogen and oxygen atoms in total. The lowest BCUT2D eigenvalue weighted by molar-refractivity contribution is 0.0693. The molecule has 2 rings (SSSR count). The van der Waals surface area contributed by atoms with Crippen molar-refractivity contribution in [3.05, 3.63) is 20.8 Å². The summed E-state index contributed by atoms with van der Waals surface area (Å²) in [6.45, 7) is 0. The quantitative estimate of drug-likeness (QED) is 0.898. The van der Waals surface area contributed by atoms with Crippen molar-refractivity contribution in [1.82, 2.24) is 0 Å². The molecule has 1 aliphatic rings. The molecule has 0 bridgehead atoms. The second-order valence-corrected chi connectivity index (χ2v) is 6.36. The molecule has 0 aliphatic carbocycles. The van der Waals surface area contributed by atoms with Crippen LogP contribution < -0.4 is 0 Å². The Bertz CT molecular complexity index is 292. The van der Waals surface area contributed by atoms with Gasteiger partial charge in [-0.25, -0.2) is 0 Å². The zero-order valence-corrected chi connectivity index (χ0v) is 10.3. The Morgan fingerprint density at radius 3 is 3.00 bits per heavy atom. The van der Waals surface area contributed by atoms with Gasteiger partial charge >= 0.3 is 0 Å². The second-order valence-electron chi connectivity index (χ2n) is 3.40. The minimum absolute atomic E-state index is 0.446. The van der Waals surface area contributed by atoms with Gasteiger partial charge in [-0.05, 0) is 39.6 Å². The highest BCUT2D eigenvalue weighted by molar-refractivity contribution is 9.10. The summed E-state index contributed by atoms with van der Waals surface area (Å²) in [5.41, 5.74) is -0.446. The van der Waals surface area contributed by atoms with Crippen molar-refractivity contribution in [2.45, 2.75) is 18.4 Å². The van der Waals surface area contributed by atoms with Gasteiger partial charge in [-0.3, -0.25) is 0 Å². The van der Waals surface area contributed by atoms with E-state index in [1.54, 1.807) is 11.3 Å². The number of hydrogen-bond donors (Lipinski definition) is 1. The normalized spacial score (nSPS) is 28.2. The maximum Gasteiger partial charge on any atom is 0.0794 e. The van der Waals surface area contributed by atoms with Gasteiger partial charge in [-0.2, -0.15) is 11.8 Å². The molecule has 13 heavy (non-hydrogen) atoms. The first-order chi connectivity index (χ1) is 6.20. The SMILES string of the molecule is OC1(Cc2sccc2Br)CCSC1. The standard InChI is InChI=1S/C9H11BrOS2/c10-7-1-3-13-8(7)5-9(11)2-4-12-6-9/h1,3,11H,2,4-6H2. The van der Waals surface area contributed by atoms with Gasteiger partial charge < -0.3 is 5.11 Å². The highest BCUT2D eigenvalue weighted by atomic mass is 79.9. The predicted molar refractivity (Wildman–Crippen MR) is 62.6 cm³/mol. The van der Waals surface area contributed by atoms with Crippen LogP contribution in [0.2, 0.25) is 0 Å². The fourth-order valence-electron chi connectivity index (χ4n) is 1.49. The number of rotatable bonds is 2. The molecule has 1 atom stereocenters. The summed E-state index contributed by atoms with van der Waals surface area (Å²) in [6, 6.07) is 2.05. The first-order valence-electron chi connectivity index (χ1n) is 4.22. The summed E-state index contributed by atoms with van der Waals surface area (Å²) in [5.74, 6) is 1.98. The fraction of sp³-hybridized carbons (Fsp3) is 0.556. The average molecular weight is 279 g/mol. The zero-order chi connectivity index (χ0) is 9.31. The Morgan fingerprint density at radius 2 is 2.46 bits per heavy atom. The fourth-order valence-corrected chi connectivity index (χ4v) is 4.41. The first kappa shape index (κ1) is 10.0. The van der Waals surface area contributed by atoms with Gasteiger partial charge in [-0.15, -0.1) is 11.3 Å². The second kappa shape index (κ2) is 3.93. The van der Waals surface area contributed by atoms with E-state index in [1.165, 1.54) is 4.88 Å². The maximum atomic E-state index is 10.2. The van der Waals surface area contributed by atoms with Crippen molar-refractivity contribution in [1.29, 1.82) is 0 Å². The number of aliphatic hydroxyl groups is 1. The Morgan fingerprint density at radius 1 is 1.62 bits per heavy atom. The minimum atomic E-state index is -0.446. The minimum Gasteiger partial charge on any atom is -0.389 e. The molecule has 0 aromatic carbocycles. The molecule has 1 aliphatic heterocycles. The Balaban J connectivity index is 2.09. The van der Waals surface area contributed by atoms with E-state index >= 15 is 0 Å². The molecule has 4 heteroatoms. The third kappa shape index (κ3) is 2.29. The van der Waals surface area contributed by atoms with Gasteiger partial charge in [0, 0.05) is 21.5 Å². The highest BCUT2D eigenvalue weighted by Crippen LogP contribution is 2.34. The number of halogens is 1. The van der Waals surface area contributed by atoms with Gasteiger partial charge in [-0.1, -0.05) is 0 Å². The van der Waals surface area contributed by atoms with E-state index < -0.39 is 5.60 Å². The molecule has 1 fully saturated rings. The molecule has 0 saturated carbocycles. The molecule has 0 radical (unpaired) electrons. The lowest BCUT2D eigenvalue weighted by Crippen LogP contribution is -2.30. The molecule has 0 spiro atoms. The Kier molecular flexibility index (Phi) is 3.03. The van der Waals surface area contributed by atoms with Crippen LogP contribution in [0.5, 0.6) is 0 Å². The van der Waals surface area contributed by atoms with E-state index in [2.05, 4.69) is 21.3 Å². The predicted octanol–water partition coefficient (Wildman–Crippen LogP) is 2.92. The average Bonchev–Trinajstić information content (AvgIpc) is 2.64. The molecule has 1 unspecified atom stereocenters. The summed E-state index contributed by atoms with van der Waals surface area (Å²) >= 11 is 7.06. The molecule has 2 heterocycles. The van der Waals surface area contributed by atoms with Crippen LogP contribution in [0.4, 0.5) is 0 Å². The van der Waals surface area contributed by atoms with Crippen LogP contribution in [0.15, 0.2) is 15.9 Å². The molecule has 1 saturated heterocycles. The summed E-state index contributed by atoms with van der Waals surface area (Å²) < 4.78 is 1.14. The third-order valence-corrected chi connectivity index (χ3v) is 5.42. The molecular weight excluding hydrogens is 268 g/mol. The number of thioether (sulfide) groups is 1. The van der Waals surface area contributed by atoms with Crippen molar-refractivity contribution in [2.75, 3.05) is 11.5 Å². The van der Waals surface area contributed by atoms with Crippen LogP contribution in [-0.2, 0) is 6.42 Å². The monoisotopic (exact) mass is 278 g/mol. The van der Waals surface area contributed by atoms with Gasteiger partial charge in [0.1, 0.15) is 0 Å². The molecule has 1 aromatic heterocycles. The summed E-state index contributed by atoms with van der Waals surface area (Å²) in [6.07, 6.45) is 1.74. The van der Waals surface area contributed by atoms with Crippen LogP contribution in [-0.4, -0.2) is 22.2 Å². The van der Waals surface area contributed by atoms with Crippen molar-refractivity contribution in [2.24, 2.45) is 0 Å². The molecule has 0 amide bonds. The van der Waals surface area contributed by atoms with Crippen molar-refractivity contribution < 1.29 is 5.11 Å². The van der Waals surface area contributed by atoms with Crippen LogP contribution in [0.25, 0.3) is 0 Å². The van der Waals surface area contributed by atoms with Gasteiger partial charge in [0.05, 0.1) is 5.60 Å². The lowest BCUT2D eigenvalue weighted by Gasteiger charge is -2.20. The van der Waals surface area contributed by atoms with E-state index in [4.69, 9.17) is 0 Å². The topological polar surface area (TPSA) is 20.2 Å². The Hall–Kier alpha value is 0.490. The van der Waals surface area contributed by atoms with Crippen LogP contribution in [0, 0.1) is 0 Å². The molecule has 72 valence electrons. The highest BCUT2D eigenvalue weighted by Gasteiger charge is 2.32. The summed E-state index contributed by atoms with van der Waals surface area (Å²) in [5, 5.41) is 12.2. The lowest BCUT2D eigenvalue weighted by atomic mass is 9.98. The Labute approximate surface area is 94.7 Å². The van der Waals surface area contributed by atoms with Gasteiger partial charge in [0.2, 0.25) is 0 Å².